The molecule has 1 aromatic carbocycles. The third-order valence-corrected chi connectivity index (χ3v) is 3.72. The summed E-state index contributed by atoms with van der Waals surface area (Å²) in [5.74, 6) is -0.176. The first-order chi connectivity index (χ1) is 9.74. The van der Waals surface area contributed by atoms with Crippen LogP contribution in [0.15, 0.2) is 47.3 Å². The lowest BCUT2D eigenvalue weighted by Crippen LogP contribution is -2.29. The van der Waals surface area contributed by atoms with Gasteiger partial charge >= 0.3 is 0 Å². The minimum Gasteiger partial charge on any atom is -0.298 e. The van der Waals surface area contributed by atoms with Crippen molar-refractivity contribution in [2.24, 2.45) is 0 Å². The van der Waals surface area contributed by atoms with Crippen LogP contribution in [-0.4, -0.2) is 10.9 Å². The van der Waals surface area contributed by atoms with Gasteiger partial charge in [-0.05, 0) is 35.7 Å². The van der Waals surface area contributed by atoms with Gasteiger partial charge < -0.3 is 0 Å². The molecule has 3 aromatic rings. The van der Waals surface area contributed by atoms with Crippen molar-refractivity contribution in [1.82, 2.24) is 10.4 Å². The van der Waals surface area contributed by atoms with E-state index in [0.29, 0.717) is 10.6 Å². The van der Waals surface area contributed by atoms with Crippen LogP contribution >= 0.6 is 22.9 Å². The lowest BCUT2D eigenvalue weighted by atomic mass is 10.2. The molecule has 0 unspecified atom stereocenters. The summed E-state index contributed by atoms with van der Waals surface area (Å²) in [6, 6.07) is 9.00. The zero-order valence-corrected chi connectivity index (χ0v) is 11.8. The highest BCUT2D eigenvalue weighted by molar-refractivity contribution is 7.08. The summed E-state index contributed by atoms with van der Waals surface area (Å²) in [6.07, 6.45) is 1.66. The summed E-state index contributed by atoms with van der Waals surface area (Å²) >= 11 is 7.42. The van der Waals surface area contributed by atoms with Crippen LogP contribution in [0.5, 0.6) is 0 Å². The van der Waals surface area contributed by atoms with Gasteiger partial charge in [-0.25, -0.2) is 0 Å². The number of aromatic nitrogens is 1. The first-order valence-corrected chi connectivity index (χ1v) is 7.19. The molecule has 0 radical (unpaired) electrons. The number of carbonyl (C=O) groups is 1. The standard InChI is InChI=1S/C14H10ClN3OS/c15-10-1-2-11-12(3-5-16-13(11)7-10)17-18-14(19)9-4-6-20-8-9/h1-8H,(H,16,17)(H,18,19). The molecule has 0 saturated carbocycles. The van der Waals surface area contributed by atoms with Gasteiger partial charge in [0.1, 0.15) is 0 Å². The average Bonchev–Trinajstić information content (AvgIpc) is 2.98. The molecule has 4 nitrogen and oxygen atoms in total. The Balaban J connectivity index is 1.83. The Hall–Kier alpha value is -2.11. The number of hydrogen-bond acceptors (Lipinski definition) is 4. The number of benzene rings is 1. The van der Waals surface area contributed by atoms with Gasteiger partial charge in [0.15, 0.2) is 0 Å². The van der Waals surface area contributed by atoms with E-state index in [4.69, 9.17) is 11.6 Å². The average molecular weight is 304 g/mol. The van der Waals surface area contributed by atoms with Crippen molar-refractivity contribution in [3.05, 3.63) is 57.9 Å². The summed E-state index contributed by atoms with van der Waals surface area (Å²) in [7, 11) is 0. The number of halogens is 1. The van der Waals surface area contributed by atoms with E-state index in [1.807, 2.05) is 11.4 Å². The van der Waals surface area contributed by atoms with Crippen LogP contribution in [0, 0.1) is 0 Å². The van der Waals surface area contributed by atoms with E-state index < -0.39 is 0 Å². The van der Waals surface area contributed by atoms with E-state index in [1.54, 1.807) is 35.8 Å². The van der Waals surface area contributed by atoms with Gasteiger partial charge in [-0.1, -0.05) is 11.6 Å². The van der Waals surface area contributed by atoms with E-state index in [2.05, 4.69) is 15.8 Å². The molecule has 1 amide bonds. The smallest absolute Gasteiger partial charge is 0.270 e. The highest BCUT2D eigenvalue weighted by Crippen LogP contribution is 2.23. The van der Waals surface area contributed by atoms with Crippen molar-refractivity contribution in [2.75, 3.05) is 5.43 Å². The molecule has 0 atom stereocenters. The Kier molecular flexibility index (Phi) is 3.54. The minimum absolute atomic E-state index is 0.176. The molecule has 0 bridgehead atoms. The Morgan fingerprint density at radius 2 is 2.15 bits per heavy atom. The van der Waals surface area contributed by atoms with Gasteiger partial charge in [-0.2, -0.15) is 11.3 Å². The summed E-state index contributed by atoms with van der Waals surface area (Å²) in [4.78, 5) is 16.1. The second-order valence-corrected chi connectivity index (χ2v) is 5.33. The largest absolute Gasteiger partial charge is 0.298 e. The number of amides is 1. The van der Waals surface area contributed by atoms with E-state index in [0.717, 1.165) is 16.6 Å². The molecular formula is C14H10ClN3OS. The number of pyridine rings is 1. The molecule has 20 heavy (non-hydrogen) atoms. The molecule has 0 saturated heterocycles. The normalized spacial score (nSPS) is 10.4. The van der Waals surface area contributed by atoms with Crippen LogP contribution in [-0.2, 0) is 0 Å². The number of nitrogens with zero attached hydrogens (tertiary/aromatic N) is 1. The lowest BCUT2D eigenvalue weighted by molar-refractivity contribution is 0.0963. The van der Waals surface area contributed by atoms with Gasteiger partial charge in [0, 0.05) is 22.0 Å². The SMILES string of the molecule is O=C(NNc1ccnc2cc(Cl)ccc12)c1ccsc1. The first kappa shape index (κ1) is 12.9. The van der Waals surface area contributed by atoms with E-state index in [1.165, 1.54) is 11.3 Å². The summed E-state index contributed by atoms with van der Waals surface area (Å²) in [5, 5.41) is 5.17. The number of thiophene rings is 1. The third kappa shape index (κ3) is 2.59. The summed E-state index contributed by atoms with van der Waals surface area (Å²) in [5.41, 5.74) is 7.75. The fourth-order valence-electron chi connectivity index (χ4n) is 1.82. The Labute approximate surface area is 124 Å². The zero-order valence-electron chi connectivity index (χ0n) is 10.3. The number of rotatable bonds is 3. The second kappa shape index (κ2) is 5.48. The maximum Gasteiger partial charge on any atom is 0.270 e. The highest BCUT2D eigenvalue weighted by atomic mass is 35.5. The van der Waals surface area contributed by atoms with E-state index in [-0.39, 0.29) is 5.91 Å². The molecule has 0 aliphatic rings. The number of carbonyl (C=O) groups excluding carboxylic acids is 1. The van der Waals surface area contributed by atoms with E-state index in [9.17, 15) is 4.79 Å². The van der Waals surface area contributed by atoms with Crippen molar-refractivity contribution in [3.8, 4) is 0 Å². The van der Waals surface area contributed by atoms with Gasteiger partial charge in [0.05, 0.1) is 16.8 Å². The number of nitrogens with one attached hydrogen (secondary N) is 2. The van der Waals surface area contributed by atoms with Crippen LogP contribution in [0.1, 0.15) is 10.4 Å². The van der Waals surface area contributed by atoms with Crippen LogP contribution in [0.2, 0.25) is 5.02 Å². The Bertz CT molecular complexity index is 758. The minimum atomic E-state index is -0.176. The Morgan fingerprint density at radius 1 is 1.25 bits per heavy atom. The predicted octanol–water partition coefficient (Wildman–Crippen LogP) is 3.71. The molecular weight excluding hydrogens is 294 g/mol. The fourth-order valence-corrected chi connectivity index (χ4v) is 2.62. The van der Waals surface area contributed by atoms with E-state index >= 15 is 0 Å². The van der Waals surface area contributed by atoms with Crippen molar-refractivity contribution in [2.45, 2.75) is 0 Å². The predicted molar refractivity (Wildman–Crippen MR) is 82.2 cm³/mol. The molecule has 0 aliphatic carbocycles. The monoisotopic (exact) mass is 303 g/mol. The molecule has 2 aromatic heterocycles. The van der Waals surface area contributed by atoms with Crippen molar-refractivity contribution in [1.29, 1.82) is 0 Å². The van der Waals surface area contributed by atoms with Crippen LogP contribution in [0.3, 0.4) is 0 Å². The summed E-state index contributed by atoms with van der Waals surface area (Å²) < 4.78 is 0. The highest BCUT2D eigenvalue weighted by Gasteiger charge is 2.06. The quantitative estimate of drug-likeness (QED) is 0.725. The van der Waals surface area contributed by atoms with Gasteiger partial charge in [-0.3, -0.25) is 20.6 Å². The van der Waals surface area contributed by atoms with Gasteiger partial charge in [0.2, 0.25) is 0 Å². The lowest BCUT2D eigenvalue weighted by Gasteiger charge is -2.10. The first-order valence-electron chi connectivity index (χ1n) is 5.87. The topological polar surface area (TPSA) is 54.0 Å². The molecule has 2 N–H and O–H groups in total. The van der Waals surface area contributed by atoms with Gasteiger partial charge in [-0.15, -0.1) is 0 Å². The number of hydrogen-bond donors (Lipinski definition) is 2. The number of hydrazine groups is 1. The molecule has 100 valence electrons. The molecule has 0 fully saturated rings. The zero-order chi connectivity index (χ0) is 13.9. The van der Waals surface area contributed by atoms with Crippen molar-refractivity contribution < 1.29 is 4.79 Å². The maximum atomic E-state index is 11.9. The van der Waals surface area contributed by atoms with Crippen LogP contribution in [0.4, 0.5) is 5.69 Å². The molecule has 2 heterocycles. The second-order valence-electron chi connectivity index (χ2n) is 4.11. The molecule has 0 aliphatic heterocycles. The van der Waals surface area contributed by atoms with Crippen molar-refractivity contribution in [3.63, 3.8) is 0 Å². The Morgan fingerprint density at radius 3 is 2.95 bits per heavy atom. The number of fused-ring (bicyclic) bond motifs is 1. The number of anilines is 1. The van der Waals surface area contributed by atoms with Crippen LogP contribution < -0.4 is 10.9 Å². The van der Waals surface area contributed by atoms with Crippen LogP contribution in [0.25, 0.3) is 10.9 Å². The van der Waals surface area contributed by atoms with Gasteiger partial charge in [0.25, 0.3) is 5.91 Å². The maximum absolute atomic E-state index is 11.9. The molecule has 0 spiro atoms. The fraction of sp³-hybridized carbons (Fsp3) is 0. The summed E-state index contributed by atoms with van der Waals surface area (Å²) in [6.45, 7) is 0. The third-order valence-electron chi connectivity index (χ3n) is 2.80. The molecule has 3 rings (SSSR count). The van der Waals surface area contributed by atoms with Crippen molar-refractivity contribution >= 4 is 45.4 Å². The molecule has 6 heteroatoms.